The Hall–Kier alpha value is -3.03. The SMILES string of the molecule is O=C(O)/C=C/C(=O)O.[2H]C([2H])([2H])CC(=O)c1ccc(C2(C(N)=O)CC2)nc1. The number of primary amides is 1. The largest absolute Gasteiger partial charge is 0.478 e. The summed E-state index contributed by atoms with van der Waals surface area (Å²) in [6.07, 6.45) is 3.24. The number of aliphatic carboxylic acids is 2. The summed E-state index contributed by atoms with van der Waals surface area (Å²) in [6.45, 7) is -2.29. The van der Waals surface area contributed by atoms with Gasteiger partial charge in [0.05, 0.1) is 11.1 Å². The Morgan fingerprint density at radius 3 is 2.17 bits per heavy atom. The molecular formula is C16H18N2O6. The molecule has 24 heavy (non-hydrogen) atoms. The Balaban J connectivity index is 0.000000387. The van der Waals surface area contributed by atoms with E-state index in [4.69, 9.17) is 20.1 Å². The monoisotopic (exact) mass is 337 g/mol. The number of carbonyl (C=O) groups excluding carboxylic acids is 2. The van der Waals surface area contributed by atoms with Crippen molar-refractivity contribution in [2.24, 2.45) is 5.73 Å². The molecule has 1 aromatic rings. The lowest BCUT2D eigenvalue weighted by Crippen LogP contribution is -2.29. The minimum absolute atomic E-state index is 0.236. The van der Waals surface area contributed by atoms with Crippen LogP contribution in [0.3, 0.4) is 0 Å². The first-order chi connectivity index (χ1) is 12.4. The molecule has 8 nitrogen and oxygen atoms in total. The maximum atomic E-state index is 11.7. The Morgan fingerprint density at radius 2 is 1.83 bits per heavy atom. The number of ketones is 1. The second-order valence-electron chi connectivity index (χ2n) is 4.99. The van der Waals surface area contributed by atoms with Crippen LogP contribution in [0.1, 0.15) is 46.3 Å². The van der Waals surface area contributed by atoms with Crippen molar-refractivity contribution in [3.05, 3.63) is 41.7 Å². The molecule has 0 radical (unpaired) electrons. The summed E-state index contributed by atoms with van der Waals surface area (Å²) in [7, 11) is 0. The van der Waals surface area contributed by atoms with Crippen molar-refractivity contribution in [2.45, 2.75) is 31.5 Å². The van der Waals surface area contributed by atoms with Crippen LogP contribution in [0.5, 0.6) is 0 Å². The Kier molecular flexibility index (Phi) is 4.85. The maximum absolute atomic E-state index is 11.7. The van der Waals surface area contributed by atoms with Crippen LogP contribution in [0.25, 0.3) is 0 Å². The zero-order chi connectivity index (χ0) is 20.8. The first kappa shape index (κ1) is 14.6. The number of hydrogen-bond donors (Lipinski definition) is 3. The van der Waals surface area contributed by atoms with Gasteiger partial charge in [-0.2, -0.15) is 0 Å². The number of amides is 1. The molecule has 8 heteroatoms. The zero-order valence-electron chi connectivity index (χ0n) is 15.6. The number of nitrogens with zero attached hydrogens (tertiary/aromatic N) is 1. The molecule has 1 fully saturated rings. The van der Waals surface area contributed by atoms with Crippen molar-refractivity contribution in [3.63, 3.8) is 0 Å². The van der Waals surface area contributed by atoms with E-state index in [0.717, 1.165) is 0 Å². The number of nitrogens with two attached hydrogens (primary N) is 1. The highest BCUT2D eigenvalue weighted by Crippen LogP contribution is 2.46. The summed E-state index contributed by atoms with van der Waals surface area (Å²) in [5.74, 6) is -3.41. The van der Waals surface area contributed by atoms with Crippen LogP contribution in [0.4, 0.5) is 0 Å². The molecule has 1 aromatic heterocycles. The van der Waals surface area contributed by atoms with Crippen LogP contribution >= 0.6 is 0 Å². The third-order valence-electron chi connectivity index (χ3n) is 3.33. The van der Waals surface area contributed by atoms with E-state index >= 15 is 0 Å². The summed E-state index contributed by atoms with van der Waals surface area (Å²) >= 11 is 0. The lowest BCUT2D eigenvalue weighted by atomic mass is 10.00. The quantitative estimate of drug-likeness (QED) is 0.516. The highest BCUT2D eigenvalue weighted by Gasteiger charge is 2.51. The number of hydrogen-bond acceptors (Lipinski definition) is 5. The fourth-order valence-corrected chi connectivity index (χ4v) is 1.84. The van der Waals surface area contributed by atoms with Crippen LogP contribution in [0.2, 0.25) is 0 Å². The van der Waals surface area contributed by atoms with Crippen LogP contribution in [-0.2, 0) is 19.8 Å². The molecule has 0 atom stereocenters. The molecule has 1 aliphatic rings. The van der Waals surface area contributed by atoms with Gasteiger partial charge < -0.3 is 15.9 Å². The number of carbonyl (C=O) groups is 4. The van der Waals surface area contributed by atoms with Gasteiger partial charge in [-0.3, -0.25) is 14.6 Å². The molecule has 0 aromatic carbocycles. The Morgan fingerprint density at radius 1 is 1.25 bits per heavy atom. The third-order valence-corrected chi connectivity index (χ3v) is 3.33. The van der Waals surface area contributed by atoms with E-state index in [9.17, 15) is 19.2 Å². The van der Waals surface area contributed by atoms with Gasteiger partial charge in [-0.25, -0.2) is 9.59 Å². The highest BCUT2D eigenvalue weighted by atomic mass is 16.4. The molecule has 1 aliphatic carbocycles. The second kappa shape index (κ2) is 8.00. The fourth-order valence-electron chi connectivity index (χ4n) is 1.84. The zero-order valence-corrected chi connectivity index (χ0v) is 12.6. The minimum Gasteiger partial charge on any atom is -0.478 e. The van der Waals surface area contributed by atoms with Gasteiger partial charge in [-0.05, 0) is 25.0 Å². The normalized spacial score (nSPS) is 16.8. The fraction of sp³-hybridized carbons (Fsp3) is 0.312. The van der Waals surface area contributed by atoms with Crippen LogP contribution in [-0.4, -0.2) is 38.8 Å². The maximum Gasteiger partial charge on any atom is 0.328 e. The summed E-state index contributed by atoms with van der Waals surface area (Å²) in [4.78, 5) is 46.2. The van der Waals surface area contributed by atoms with Gasteiger partial charge in [0.1, 0.15) is 0 Å². The molecule has 1 saturated carbocycles. The molecule has 0 saturated heterocycles. The molecule has 0 bridgehead atoms. The number of Topliss-reactive ketones (excluding diaryl/α,β-unsaturated/α-hetero) is 1. The second-order valence-corrected chi connectivity index (χ2v) is 4.99. The molecule has 0 spiro atoms. The van der Waals surface area contributed by atoms with Gasteiger partial charge >= 0.3 is 11.9 Å². The van der Waals surface area contributed by atoms with Crippen molar-refractivity contribution in [1.29, 1.82) is 0 Å². The van der Waals surface area contributed by atoms with Gasteiger partial charge in [-0.1, -0.05) is 6.85 Å². The standard InChI is InChI=1S/C12H14N2O2.C4H4O4/c1-2-9(15)8-3-4-10(14-7-8)12(5-6-12)11(13)16;5-3(6)1-2-4(7)8/h3-4,7H,2,5-6H2,1H3,(H2,13,16);1-2H,(H,5,6)(H,7,8)/b;2-1+/i1D3;. The predicted octanol–water partition coefficient (Wildman–Crippen LogP) is 0.903. The van der Waals surface area contributed by atoms with E-state index in [0.29, 0.717) is 30.7 Å². The van der Waals surface area contributed by atoms with Crippen molar-refractivity contribution in [2.75, 3.05) is 0 Å². The molecule has 4 N–H and O–H groups in total. The lowest BCUT2D eigenvalue weighted by Gasteiger charge is -2.10. The van der Waals surface area contributed by atoms with E-state index < -0.39 is 42.3 Å². The first-order valence-electron chi connectivity index (χ1n) is 8.31. The average molecular weight is 337 g/mol. The molecule has 1 amide bonds. The summed E-state index contributed by atoms with van der Waals surface area (Å²) in [5.41, 5.74) is 5.42. The highest BCUT2D eigenvalue weighted by molar-refractivity contribution is 5.96. The van der Waals surface area contributed by atoms with Crippen molar-refractivity contribution in [1.82, 2.24) is 4.98 Å². The van der Waals surface area contributed by atoms with Gasteiger partial charge in [0.2, 0.25) is 5.91 Å². The number of pyridine rings is 1. The third kappa shape index (κ3) is 5.01. The van der Waals surface area contributed by atoms with Gasteiger partial charge in [-0.15, -0.1) is 0 Å². The van der Waals surface area contributed by atoms with Crippen LogP contribution in [0.15, 0.2) is 30.5 Å². The van der Waals surface area contributed by atoms with Gasteiger partial charge in [0.15, 0.2) is 5.78 Å². The van der Waals surface area contributed by atoms with E-state index in [1.165, 1.54) is 12.3 Å². The van der Waals surface area contributed by atoms with Crippen molar-refractivity contribution in [3.8, 4) is 0 Å². The number of aromatic nitrogens is 1. The number of rotatable bonds is 6. The molecular weight excluding hydrogens is 316 g/mol. The van der Waals surface area contributed by atoms with Crippen molar-refractivity contribution >= 4 is 23.6 Å². The van der Waals surface area contributed by atoms with Crippen LogP contribution < -0.4 is 5.73 Å². The van der Waals surface area contributed by atoms with Gasteiger partial charge in [0, 0.05) is 34.4 Å². The van der Waals surface area contributed by atoms with E-state index in [1.54, 1.807) is 6.07 Å². The van der Waals surface area contributed by atoms with E-state index in [2.05, 4.69) is 4.98 Å². The summed E-state index contributed by atoms with van der Waals surface area (Å²) in [6, 6.07) is 3.07. The summed E-state index contributed by atoms with van der Waals surface area (Å²) in [5, 5.41) is 15.6. The van der Waals surface area contributed by atoms with Crippen molar-refractivity contribution < 1.29 is 33.5 Å². The Labute approximate surface area is 142 Å². The average Bonchev–Trinajstić information content (AvgIpc) is 3.34. The van der Waals surface area contributed by atoms with E-state index in [-0.39, 0.29) is 5.56 Å². The van der Waals surface area contributed by atoms with Crippen LogP contribution in [0, 0.1) is 0 Å². The molecule has 0 aliphatic heterocycles. The smallest absolute Gasteiger partial charge is 0.328 e. The molecule has 1 heterocycles. The number of carboxylic acids is 2. The van der Waals surface area contributed by atoms with Gasteiger partial charge in [0.25, 0.3) is 0 Å². The molecule has 128 valence electrons. The predicted molar refractivity (Wildman–Crippen MR) is 83.4 cm³/mol. The summed E-state index contributed by atoms with van der Waals surface area (Å²) < 4.78 is 21.2. The molecule has 0 unspecified atom stereocenters. The Bertz CT molecular complexity index is 751. The number of carboxylic acid groups (broad SMARTS) is 2. The lowest BCUT2D eigenvalue weighted by molar-refractivity contribution is -0.134. The van der Waals surface area contributed by atoms with E-state index in [1.807, 2.05) is 0 Å². The molecule has 2 rings (SSSR count). The first-order valence-corrected chi connectivity index (χ1v) is 6.81. The topological polar surface area (TPSA) is 148 Å². The minimum atomic E-state index is -2.29.